The molecule has 0 saturated heterocycles. The predicted molar refractivity (Wildman–Crippen MR) is 84.4 cm³/mol. The van der Waals surface area contributed by atoms with Gasteiger partial charge in [-0.25, -0.2) is 0 Å². The van der Waals surface area contributed by atoms with Gasteiger partial charge >= 0.3 is 0 Å². The van der Waals surface area contributed by atoms with Crippen molar-refractivity contribution < 1.29 is 4.21 Å². The molecule has 1 rings (SSSR count). The summed E-state index contributed by atoms with van der Waals surface area (Å²) >= 11 is 1.79. The highest BCUT2D eigenvalue weighted by molar-refractivity contribution is 8.11. The molecule has 0 saturated carbocycles. The number of benzene rings is 1. The summed E-state index contributed by atoms with van der Waals surface area (Å²) in [7, 11) is -0.910. The van der Waals surface area contributed by atoms with Gasteiger partial charge in [-0.2, -0.15) is 0 Å². The zero-order valence-electron chi connectivity index (χ0n) is 12.2. The summed E-state index contributed by atoms with van der Waals surface area (Å²) in [4.78, 5) is 0. The lowest BCUT2D eigenvalue weighted by Crippen LogP contribution is -2.27. The molecule has 0 radical (unpaired) electrons. The fourth-order valence-corrected chi connectivity index (χ4v) is 5.55. The van der Waals surface area contributed by atoms with Gasteiger partial charge in [-0.3, -0.25) is 4.21 Å². The van der Waals surface area contributed by atoms with Crippen molar-refractivity contribution in [2.24, 2.45) is 0 Å². The van der Waals surface area contributed by atoms with Crippen LogP contribution in [0.25, 0.3) is 0 Å². The maximum atomic E-state index is 12.7. The number of rotatable bonds is 3. The van der Waals surface area contributed by atoms with Crippen LogP contribution in [0.5, 0.6) is 0 Å². The number of hydrogen-bond donors (Lipinski definition) is 0. The standard InChI is InChI=1S/C15H24OS2/c1-14(2,3)17-13(18(16)15(4,5)6)12-10-8-7-9-11-12/h7-11,13H,1-6H3. The Morgan fingerprint density at radius 2 is 1.50 bits per heavy atom. The molecule has 0 fully saturated rings. The van der Waals surface area contributed by atoms with E-state index < -0.39 is 10.8 Å². The third-order valence-corrected chi connectivity index (χ3v) is 6.20. The normalized spacial score (nSPS) is 16.3. The van der Waals surface area contributed by atoms with Crippen LogP contribution in [0.3, 0.4) is 0 Å². The minimum atomic E-state index is -0.910. The van der Waals surface area contributed by atoms with E-state index in [1.165, 1.54) is 0 Å². The van der Waals surface area contributed by atoms with E-state index in [4.69, 9.17) is 0 Å². The summed E-state index contributed by atoms with van der Waals surface area (Å²) < 4.78 is 12.7. The van der Waals surface area contributed by atoms with Crippen LogP contribution in [-0.2, 0) is 10.8 Å². The molecule has 1 nitrogen and oxygen atoms in total. The SMILES string of the molecule is CC(C)(C)SC(c1ccccc1)S(=O)C(C)(C)C. The van der Waals surface area contributed by atoms with Gasteiger partial charge in [0.05, 0.1) is 0 Å². The quantitative estimate of drug-likeness (QED) is 0.795. The van der Waals surface area contributed by atoms with Crippen molar-refractivity contribution >= 4 is 22.6 Å². The average molecular weight is 284 g/mol. The first-order valence-corrected chi connectivity index (χ1v) is 8.34. The van der Waals surface area contributed by atoms with Crippen molar-refractivity contribution in [3.63, 3.8) is 0 Å². The maximum Gasteiger partial charge on any atom is 0.106 e. The topological polar surface area (TPSA) is 17.1 Å². The second-order valence-corrected chi connectivity index (χ2v) is 10.9. The van der Waals surface area contributed by atoms with E-state index in [1.807, 2.05) is 39.0 Å². The fourth-order valence-electron chi connectivity index (χ4n) is 1.49. The molecule has 2 atom stereocenters. The molecule has 1 aromatic rings. The zero-order valence-corrected chi connectivity index (χ0v) is 13.8. The molecule has 18 heavy (non-hydrogen) atoms. The molecule has 0 aromatic heterocycles. The Balaban J connectivity index is 3.08. The van der Waals surface area contributed by atoms with Crippen molar-refractivity contribution in [1.82, 2.24) is 0 Å². The summed E-state index contributed by atoms with van der Waals surface area (Å²) in [6, 6.07) is 10.2. The van der Waals surface area contributed by atoms with Crippen molar-refractivity contribution in [3.8, 4) is 0 Å². The first kappa shape index (κ1) is 15.8. The third kappa shape index (κ3) is 4.77. The van der Waals surface area contributed by atoms with Gasteiger partial charge in [0, 0.05) is 20.3 Å². The van der Waals surface area contributed by atoms with Gasteiger partial charge in [0.25, 0.3) is 0 Å². The van der Waals surface area contributed by atoms with E-state index >= 15 is 0 Å². The lowest BCUT2D eigenvalue weighted by atomic mass is 10.2. The van der Waals surface area contributed by atoms with Crippen LogP contribution in [0.1, 0.15) is 51.7 Å². The van der Waals surface area contributed by atoms with Gasteiger partial charge in [-0.1, -0.05) is 51.1 Å². The predicted octanol–water partition coefficient (Wildman–Crippen LogP) is 4.76. The average Bonchev–Trinajstić information content (AvgIpc) is 2.24. The van der Waals surface area contributed by atoms with E-state index in [0.29, 0.717) is 0 Å². The maximum absolute atomic E-state index is 12.7. The Labute approximate surface area is 118 Å². The Bertz CT molecular complexity index is 399. The van der Waals surface area contributed by atoms with E-state index in [9.17, 15) is 4.21 Å². The van der Waals surface area contributed by atoms with Crippen LogP contribution in [0, 0.1) is 0 Å². The minimum Gasteiger partial charge on any atom is -0.258 e. The van der Waals surface area contributed by atoms with Crippen LogP contribution < -0.4 is 0 Å². The van der Waals surface area contributed by atoms with E-state index in [1.54, 1.807) is 11.8 Å². The molecular formula is C15H24OS2. The van der Waals surface area contributed by atoms with Crippen LogP contribution in [0.15, 0.2) is 30.3 Å². The molecule has 1 aromatic carbocycles. The van der Waals surface area contributed by atoms with Crippen LogP contribution >= 0.6 is 11.8 Å². The fraction of sp³-hybridized carbons (Fsp3) is 0.600. The van der Waals surface area contributed by atoms with Crippen molar-refractivity contribution in [1.29, 1.82) is 0 Å². The summed E-state index contributed by atoms with van der Waals surface area (Å²) in [6.07, 6.45) is 0. The van der Waals surface area contributed by atoms with E-state index in [0.717, 1.165) is 5.56 Å². The summed E-state index contributed by atoms with van der Waals surface area (Å²) in [5.74, 6) is 0. The van der Waals surface area contributed by atoms with Gasteiger partial charge < -0.3 is 0 Å². The Kier molecular flexibility index (Phi) is 5.07. The van der Waals surface area contributed by atoms with Crippen molar-refractivity contribution in [2.45, 2.75) is 55.6 Å². The second-order valence-electron chi connectivity index (χ2n) is 6.38. The first-order chi connectivity index (χ1) is 8.11. The molecule has 3 heteroatoms. The van der Waals surface area contributed by atoms with Crippen LogP contribution in [0.4, 0.5) is 0 Å². The Morgan fingerprint density at radius 1 is 1.00 bits per heavy atom. The summed E-state index contributed by atoms with van der Waals surface area (Å²) in [5.41, 5.74) is 1.16. The number of thioether (sulfide) groups is 1. The molecule has 0 N–H and O–H groups in total. The van der Waals surface area contributed by atoms with Crippen LogP contribution in [-0.4, -0.2) is 13.7 Å². The Morgan fingerprint density at radius 3 is 1.89 bits per heavy atom. The molecule has 0 aliphatic rings. The zero-order chi connectivity index (χ0) is 14.0. The highest BCUT2D eigenvalue weighted by atomic mass is 32.2. The minimum absolute atomic E-state index is 0.0335. The van der Waals surface area contributed by atoms with Crippen LogP contribution in [0.2, 0.25) is 0 Å². The van der Waals surface area contributed by atoms with Gasteiger partial charge in [0.15, 0.2) is 0 Å². The molecule has 0 spiro atoms. The highest BCUT2D eigenvalue weighted by Crippen LogP contribution is 2.43. The second kappa shape index (κ2) is 5.79. The van der Waals surface area contributed by atoms with Gasteiger partial charge in [0.2, 0.25) is 0 Å². The van der Waals surface area contributed by atoms with E-state index in [-0.39, 0.29) is 14.1 Å². The van der Waals surface area contributed by atoms with Gasteiger partial charge in [-0.15, -0.1) is 11.8 Å². The monoisotopic (exact) mass is 284 g/mol. The van der Waals surface area contributed by atoms with E-state index in [2.05, 4.69) is 32.9 Å². The molecule has 0 aliphatic heterocycles. The molecule has 102 valence electrons. The number of hydrogen-bond acceptors (Lipinski definition) is 2. The Hall–Kier alpha value is -0.280. The molecule has 0 amide bonds. The first-order valence-electron chi connectivity index (χ1n) is 6.25. The third-order valence-electron chi connectivity index (χ3n) is 2.33. The van der Waals surface area contributed by atoms with Crippen molar-refractivity contribution in [3.05, 3.63) is 35.9 Å². The molecule has 0 aliphatic carbocycles. The molecule has 0 heterocycles. The lowest BCUT2D eigenvalue weighted by Gasteiger charge is -2.30. The molecule has 2 unspecified atom stereocenters. The largest absolute Gasteiger partial charge is 0.258 e. The van der Waals surface area contributed by atoms with Gasteiger partial charge in [0.1, 0.15) is 4.58 Å². The van der Waals surface area contributed by atoms with Crippen molar-refractivity contribution in [2.75, 3.05) is 0 Å². The molecular weight excluding hydrogens is 260 g/mol. The summed E-state index contributed by atoms with van der Waals surface area (Å²) in [6.45, 7) is 12.7. The highest BCUT2D eigenvalue weighted by Gasteiger charge is 2.32. The summed E-state index contributed by atoms with van der Waals surface area (Å²) in [5, 5.41) is 0. The van der Waals surface area contributed by atoms with Gasteiger partial charge in [-0.05, 0) is 26.3 Å². The molecule has 0 bridgehead atoms. The smallest absolute Gasteiger partial charge is 0.106 e. The lowest BCUT2D eigenvalue weighted by molar-refractivity contribution is 0.646.